The zero-order valence-electron chi connectivity index (χ0n) is 8.30. The van der Waals surface area contributed by atoms with Crippen LogP contribution in [0.4, 0.5) is 0 Å². The third kappa shape index (κ3) is 2.97. The molecule has 1 rings (SSSR count). The quantitative estimate of drug-likeness (QED) is 0.643. The van der Waals surface area contributed by atoms with E-state index in [1.165, 1.54) is 0 Å². The second kappa shape index (κ2) is 4.07. The van der Waals surface area contributed by atoms with Crippen LogP contribution in [0, 0.1) is 5.41 Å². The summed E-state index contributed by atoms with van der Waals surface area (Å²) in [7, 11) is 0. The van der Waals surface area contributed by atoms with Gasteiger partial charge in [0.1, 0.15) is 0 Å². The summed E-state index contributed by atoms with van der Waals surface area (Å²) in [6.45, 7) is 5.87. The third-order valence-corrected chi connectivity index (χ3v) is 2.43. The predicted molar refractivity (Wildman–Crippen MR) is 50.2 cm³/mol. The van der Waals surface area contributed by atoms with Gasteiger partial charge in [-0.25, -0.2) is 0 Å². The molecule has 0 aromatic carbocycles. The monoisotopic (exact) mass is 186 g/mol. The molecule has 4 heteroatoms. The lowest BCUT2D eigenvalue weighted by Gasteiger charge is -2.22. The van der Waals surface area contributed by atoms with Gasteiger partial charge in [-0.05, 0) is 20.3 Å². The zero-order chi connectivity index (χ0) is 9.90. The van der Waals surface area contributed by atoms with Crippen LogP contribution < -0.4 is 11.1 Å². The Morgan fingerprint density at radius 3 is 2.85 bits per heavy atom. The maximum Gasteiger partial charge on any atom is 0.224 e. The number of rotatable bonds is 4. The molecule has 0 radical (unpaired) electrons. The first-order chi connectivity index (χ1) is 6.02. The molecule has 1 aliphatic heterocycles. The van der Waals surface area contributed by atoms with Gasteiger partial charge in [0.2, 0.25) is 5.91 Å². The number of primary amides is 1. The fraction of sp³-hybridized carbons (Fsp3) is 0.889. The smallest absolute Gasteiger partial charge is 0.224 e. The van der Waals surface area contributed by atoms with Crippen molar-refractivity contribution in [1.82, 2.24) is 5.32 Å². The maximum atomic E-state index is 11.0. The van der Waals surface area contributed by atoms with Crippen LogP contribution in [0.5, 0.6) is 0 Å². The Bertz CT molecular complexity index is 186. The fourth-order valence-electron chi connectivity index (χ4n) is 1.18. The highest BCUT2D eigenvalue weighted by atomic mass is 16.5. The van der Waals surface area contributed by atoms with Crippen molar-refractivity contribution in [1.29, 1.82) is 0 Å². The van der Waals surface area contributed by atoms with E-state index in [0.717, 1.165) is 19.6 Å². The molecule has 0 aliphatic carbocycles. The zero-order valence-corrected chi connectivity index (χ0v) is 8.30. The molecular formula is C9H18N2O2. The van der Waals surface area contributed by atoms with Crippen molar-refractivity contribution >= 4 is 5.91 Å². The Balaban J connectivity index is 2.28. The van der Waals surface area contributed by atoms with Gasteiger partial charge >= 0.3 is 0 Å². The van der Waals surface area contributed by atoms with Gasteiger partial charge in [0.25, 0.3) is 0 Å². The Hall–Kier alpha value is -0.610. The Morgan fingerprint density at radius 1 is 1.69 bits per heavy atom. The van der Waals surface area contributed by atoms with Crippen LogP contribution in [0.3, 0.4) is 0 Å². The molecule has 4 nitrogen and oxygen atoms in total. The van der Waals surface area contributed by atoms with E-state index < -0.39 is 5.41 Å². The average Bonchev–Trinajstić information content (AvgIpc) is 2.52. The molecule has 0 aromatic heterocycles. The summed E-state index contributed by atoms with van der Waals surface area (Å²) in [5, 5.41) is 3.28. The first kappa shape index (κ1) is 10.5. The molecule has 0 aromatic rings. The van der Waals surface area contributed by atoms with E-state index in [0.29, 0.717) is 12.6 Å². The molecule has 1 heterocycles. The Morgan fingerprint density at radius 2 is 2.38 bits per heavy atom. The molecular weight excluding hydrogens is 168 g/mol. The lowest BCUT2D eigenvalue weighted by molar-refractivity contribution is -0.125. The second-order valence-electron chi connectivity index (χ2n) is 4.19. The molecule has 0 spiro atoms. The van der Waals surface area contributed by atoms with Crippen LogP contribution >= 0.6 is 0 Å². The SMILES string of the molecule is CC(C)(CNC1CCOC1)C(N)=O. The van der Waals surface area contributed by atoms with E-state index in [1.54, 1.807) is 0 Å². The first-order valence-electron chi connectivity index (χ1n) is 4.63. The van der Waals surface area contributed by atoms with Crippen LogP contribution in [0.2, 0.25) is 0 Å². The number of carbonyl (C=O) groups excluding carboxylic acids is 1. The summed E-state index contributed by atoms with van der Waals surface area (Å²) >= 11 is 0. The summed E-state index contributed by atoms with van der Waals surface area (Å²) in [5.41, 5.74) is 4.78. The van der Waals surface area contributed by atoms with Crippen LogP contribution in [-0.4, -0.2) is 31.7 Å². The molecule has 1 unspecified atom stereocenters. The second-order valence-corrected chi connectivity index (χ2v) is 4.19. The van der Waals surface area contributed by atoms with E-state index >= 15 is 0 Å². The average molecular weight is 186 g/mol. The Labute approximate surface area is 78.8 Å². The normalized spacial score (nSPS) is 23.4. The number of nitrogens with one attached hydrogen (secondary N) is 1. The highest BCUT2D eigenvalue weighted by Crippen LogP contribution is 2.13. The van der Waals surface area contributed by atoms with Gasteiger partial charge in [-0.3, -0.25) is 4.79 Å². The van der Waals surface area contributed by atoms with Gasteiger partial charge in [0.15, 0.2) is 0 Å². The Kier molecular flexibility index (Phi) is 3.27. The van der Waals surface area contributed by atoms with Crippen molar-refractivity contribution in [2.75, 3.05) is 19.8 Å². The molecule has 1 saturated heterocycles. The van der Waals surface area contributed by atoms with Gasteiger partial charge < -0.3 is 15.8 Å². The van der Waals surface area contributed by atoms with Crippen LogP contribution in [0.15, 0.2) is 0 Å². The summed E-state index contributed by atoms with van der Waals surface area (Å²) in [5.74, 6) is -0.265. The van der Waals surface area contributed by atoms with E-state index in [1.807, 2.05) is 13.8 Å². The molecule has 1 amide bonds. The minimum absolute atomic E-state index is 0.265. The van der Waals surface area contributed by atoms with Gasteiger partial charge in [-0.2, -0.15) is 0 Å². The summed E-state index contributed by atoms with van der Waals surface area (Å²) < 4.78 is 5.20. The van der Waals surface area contributed by atoms with Gasteiger partial charge in [0, 0.05) is 19.2 Å². The number of hydrogen-bond acceptors (Lipinski definition) is 3. The van der Waals surface area contributed by atoms with Crippen molar-refractivity contribution in [3.8, 4) is 0 Å². The van der Waals surface area contributed by atoms with Gasteiger partial charge in [0.05, 0.1) is 12.0 Å². The van der Waals surface area contributed by atoms with E-state index in [4.69, 9.17) is 10.5 Å². The number of carbonyl (C=O) groups is 1. The van der Waals surface area contributed by atoms with E-state index in [9.17, 15) is 4.79 Å². The number of hydrogen-bond donors (Lipinski definition) is 2. The molecule has 3 N–H and O–H groups in total. The lowest BCUT2D eigenvalue weighted by Crippen LogP contribution is -2.44. The summed E-state index contributed by atoms with van der Waals surface area (Å²) in [6, 6.07) is 0.388. The summed E-state index contributed by atoms with van der Waals surface area (Å²) in [6.07, 6.45) is 1.02. The molecule has 1 fully saturated rings. The number of ether oxygens (including phenoxy) is 1. The van der Waals surface area contributed by atoms with Crippen LogP contribution in [0.25, 0.3) is 0 Å². The molecule has 0 bridgehead atoms. The fourth-order valence-corrected chi connectivity index (χ4v) is 1.18. The van der Waals surface area contributed by atoms with Gasteiger partial charge in [-0.15, -0.1) is 0 Å². The van der Waals surface area contributed by atoms with Crippen LogP contribution in [-0.2, 0) is 9.53 Å². The highest BCUT2D eigenvalue weighted by Gasteiger charge is 2.26. The van der Waals surface area contributed by atoms with Crippen molar-refractivity contribution < 1.29 is 9.53 Å². The van der Waals surface area contributed by atoms with Crippen LogP contribution in [0.1, 0.15) is 20.3 Å². The topological polar surface area (TPSA) is 64.3 Å². The molecule has 13 heavy (non-hydrogen) atoms. The van der Waals surface area contributed by atoms with Crippen molar-refractivity contribution in [3.05, 3.63) is 0 Å². The van der Waals surface area contributed by atoms with E-state index in [-0.39, 0.29) is 5.91 Å². The molecule has 1 atom stereocenters. The predicted octanol–water partition coefficient (Wildman–Crippen LogP) is -0.124. The summed E-state index contributed by atoms with van der Waals surface area (Å²) in [4.78, 5) is 11.0. The van der Waals surface area contributed by atoms with Crippen molar-refractivity contribution in [2.45, 2.75) is 26.3 Å². The molecule has 76 valence electrons. The molecule has 1 aliphatic rings. The lowest BCUT2D eigenvalue weighted by atomic mass is 9.92. The molecule has 0 saturated carbocycles. The minimum Gasteiger partial charge on any atom is -0.380 e. The highest BCUT2D eigenvalue weighted by molar-refractivity contribution is 5.80. The maximum absolute atomic E-state index is 11.0. The standard InChI is InChI=1S/C9H18N2O2/c1-9(2,8(10)12)6-11-7-3-4-13-5-7/h7,11H,3-6H2,1-2H3,(H2,10,12). The first-order valence-corrected chi connectivity index (χ1v) is 4.63. The van der Waals surface area contributed by atoms with Gasteiger partial charge in [-0.1, -0.05) is 0 Å². The number of nitrogens with two attached hydrogens (primary N) is 1. The minimum atomic E-state index is -0.470. The van der Waals surface area contributed by atoms with E-state index in [2.05, 4.69) is 5.32 Å². The van der Waals surface area contributed by atoms with Crippen molar-refractivity contribution in [3.63, 3.8) is 0 Å². The largest absolute Gasteiger partial charge is 0.380 e. The number of amides is 1. The van der Waals surface area contributed by atoms with Crippen molar-refractivity contribution in [2.24, 2.45) is 11.1 Å². The third-order valence-electron chi connectivity index (χ3n) is 2.43.